The van der Waals surface area contributed by atoms with E-state index in [4.69, 9.17) is 14.7 Å². The van der Waals surface area contributed by atoms with Crippen LogP contribution in [0.3, 0.4) is 0 Å². The largest absolute Gasteiger partial charge is 0.390 e. The van der Waals surface area contributed by atoms with Gasteiger partial charge < -0.3 is 19.7 Å². The monoisotopic (exact) mass is 253 g/mol. The third-order valence-electron chi connectivity index (χ3n) is 4.53. The predicted molar refractivity (Wildman–Crippen MR) is 61.6 cm³/mol. The summed E-state index contributed by atoms with van der Waals surface area (Å²) in [5.74, 6) is 0. The summed E-state index contributed by atoms with van der Waals surface area (Å²) in [4.78, 5) is 0. The second kappa shape index (κ2) is 4.46. The number of hydrogen-bond donors (Lipinski definition) is 2. The molecule has 2 N–H and O–H groups in total. The van der Waals surface area contributed by atoms with E-state index in [0.29, 0.717) is 19.3 Å². The number of fused-ring (bicyclic) bond motifs is 1. The maximum Gasteiger partial charge on any atom is 0.106 e. The van der Waals surface area contributed by atoms with Crippen molar-refractivity contribution in [2.45, 2.75) is 74.6 Å². The molecule has 5 nitrogen and oxygen atoms in total. The third-order valence-corrected chi connectivity index (χ3v) is 4.53. The van der Waals surface area contributed by atoms with E-state index in [1.165, 1.54) is 0 Å². The fraction of sp³-hybridized carbons (Fsp3) is 0.923. The minimum atomic E-state index is -0.789. The molecule has 0 aromatic carbocycles. The summed E-state index contributed by atoms with van der Waals surface area (Å²) >= 11 is 0. The highest BCUT2D eigenvalue weighted by Gasteiger charge is 2.59. The Labute approximate surface area is 106 Å². The Morgan fingerprint density at radius 2 is 2.11 bits per heavy atom. The van der Waals surface area contributed by atoms with Crippen LogP contribution in [0.5, 0.6) is 0 Å². The first-order valence-corrected chi connectivity index (χ1v) is 6.71. The molecule has 1 aliphatic carbocycles. The summed E-state index contributed by atoms with van der Waals surface area (Å²) in [5, 5.41) is 28.4. The lowest BCUT2D eigenvalue weighted by Gasteiger charge is -2.44. The van der Waals surface area contributed by atoms with Crippen LogP contribution in [-0.2, 0) is 9.47 Å². The minimum absolute atomic E-state index is 0.00682. The van der Waals surface area contributed by atoms with Gasteiger partial charge in [-0.25, -0.2) is 0 Å². The molecule has 2 bridgehead atoms. The number of rotatable bonds is 2. The molecule has 18 heavy (non-hydrogen) atoms. The molecule has 5 heteroatoms. The maximum atomic E-state index is 9.89. The Morgan fingerprint density at radius 3 is 2.89 bits per heavy atom. The van der Waals surface area contributed by atoms with Crippen molar-refractivity contribution >= 4 is 0 Å². The van der Waals surface area contributed by atoms with Gasteiger partial charge in [0.05, 0.1) is 36.1 Å². The van der Waals surface area contributed by atoms with Gasteiger partial charge in [0.2, 0.25) is 0 Å². The molecule has 2 saturated heterocycles. The van der Waals surface area contributed by atoms with E-state index in [0.717, 1.165) is 19.3 Å². The number of ether oxygens (including phenoxy) is 2. The zero-order chi connectivity index (χ0) is 12.8. The highest BCUT2D eigenvalue weighted by molar-refractivity contribution is 5.09. The molecular weight excluding hydrogens is 234 g/mol. The van der Waals surface area contributed by atoms with Crippen LogP contribution in [0.25, 0.3) is 0 Å². The van der Waals surface area contributed by atoms with Gasteiger partial charge in [0.25, 0.3) is 0 Å². The van der Waals surface area contributed by atoms with Crippen molar-refractivity contribution in [1.82, 2.24) is 0 Å². The lowest BCUT2D eigenvalue weighted by molar-refractivity contribution is -0.178. The van der Waals surface area contributed by atoms with Crippen molar-refractivity contribution in [3.8, 4) is 6.07 Å². The van der Waals surface area contributed by atoms with Crippen LogP contribution in [0.4, 0.5) is 0 Å². The van der Waals surface area contributed by atoms with E-state index >= 15 is 0 Å². The number of aliphatic hydroxyl groups excluding tert-OH is 2. The van der Waals surface area contributed by atoms with E-state index in [2.05, 4.69) is 6.07 Å². The van der Waals surface area contributed by atoms with E-state index in [-0.39, 0.29) is 18.3 Å². The first kappa shape index (κ1) is 12.4. The van der Waals surface area contributed by atoms with Gasteiger partial charge in [-0.1, -0.05) is 0 Å². The van der Waals surface area contributed by atoms with Crippen molar-refractivity contribution in [3.05, 3.63) is 0 Å². The summed E-state index contributed by atoms with van der Waals surface area (Å²) in [5.41, 5.74) is -0.429. The molecule has 0 aromatic rings. The van der Waals surface area contributed by atoms with Gasteiger partial charge in [0.15, 0.2) is 0 Å². The topological polar surface area (TPSA) is 82.7 Å². The molecule has 0 aromatic heterocycles. The Kier molecular flexibility index (Phi) is 3.07. The van der Waals surface area contributed by atoms with E-state index < -0.39 is 17.8 Å². The molecule has 100 valence electrons. The Morgan fingerprint density at radius 1 is 1.28 bits per heavy atom. The molecular formula is C13H19NO4. The van der Waals surface area contributed by atoms with Crippen LogP contribution in [0.1, 0.15) is 38.5 Å². The van der Waals surface area contributed by atoms with Crippen LogP contribution in [-0.4, -0.2) is 46.3 Å². The molecule has 2 aliphatic heterocycles. The Bertz CT molecular complexity index is 368. The number of aliphatic hydroxyl groups is 2. The van der Waals surface area contributed by atoms with Gasteiger partial charge >= 0.3 is 0 Å². The Balaban J connectivity index is 1.74. The quantitative estimate of drug-likeness (QED) is 0.748. The highest BCUT2D eigenvalue weighted by Crippen LogP contribution is 2.49. The van der Waals surface area contributed by atoms with Crippen molar-refractivity contribution in [3.63, 3.8) is 0 Å². The molecule has 2 unspecified atom stereocenters. The van der Waals surface area contributed by atoms with Gasteiger partial charge in [-0.15, -0.1) is 0 Å². The van der Waals surface area contributed by atoms with E-state index in [9.17, 15) is 10.2 Å². The summed E-state index contributed by atoms with van der Waals surface area (Å²) in [6.07, 6.45) is 2.38. The first-order chi connectivity index (χ1) is 8.64. The number of nitriles is 1. The van der Waals surface area contributed by atoms with Gasteiger partial charge in [0, 0.05) is 19.3 Å². The molecule has 3 fully saturated rings. The van der Waals surface area contributed by atoms with Crippen molar-refractivity contribution in [1.29, 1.82) is 5.26 Å². The molecule has 0 radical (unpaired) electrons. The third kappa shape index (κ3) is 1.84. The van der Waals surface area contributed by atoms with Crippen molar-refractivity contribution in [2.75, 3.05) is 0 Å². The van der Waals surface area contributed by atoms with Crippen molar-refractivity contribution < 1.29 is 19.7 Å². The zero-order valence-electron chi connectivity index (χ0n) is 10.3. The lowest BCUT2D eigenvalue weighted by Crippen LogP contribution is -2.54. The summed E-state index contributed by atoms with van der Waals surface area (Å²) in [6, 6.07) is 2.14. The van der Waals surface area contributed by atoms with Gasteiger partial charge in [-0.05, 0) is 19.3 Å². The van der Waals surface area contributed by atoms with Crippen LogP contribution in [0.2, 0.25) is 0 Å². The maximum absolute atomic E-state index is 9.89. The van der Waals surface area contributed by atoms with Crippen LogP contribution < -0.4 is 0 Å². The standard InChI is InChI=1S/C13H19NO4/c14-5-1-2-8-3-4-11-13(18-8)6-9(15)12(16)10(7-13)17-11/h8-12,15-16H,1-4,6-7H2/t8-,9+,10+,11?,12+,13?/m0/s1. The smallest absolute Gasteiger partial charge is 0.106 e. The fourth-order valence-corrected chi connectivity index (χ4v) is 3.65. The molecule has 2 heterocycles. The second-order valence-electron chi connectivity index (χ2n) is 5.71. The van der Waals surface area contributed by atoms with Gasteiger partial charge in [-0.2, -0.15) is 5.26 Å². The normalized spacial score (nSPS) is 50.6. The average Bonchev–Trinajstić information content (AvgIpc) is 2.68. The highest BCUT2D eigenvalue weighted by atomic mass is 16.6. The number of nitrogens with zero attached hydrogens (tertiary/aromatic N) is 1. The lowest BCUT2D eigenvalue weighted by atomic mass is 9.76. The van der Waals surface area contributed by atoms with Crippen molar-refractivity contribution in [2.24, 2.45) is 0 Å². The summed E-state index contributed by atoms with van der Waals surface area (Å²) in [7, 11) is 0. The first-order valence-electron chi connectivity index (χ1n) is 6.71. The van der Waals surface area contributed by atoms with E-state index in [1.807, 2.05) is 0 Å². The summed E-state index contributed by atoms with van der Waals surface area (Å²) in [6.45, 7) is 0. The predicted octanol–water partition coefficient (Wildman–Crippen LogP) is 0.491. The summed E-state index contributed by atoms with van der Waals surface area (Å²) < 4.78 is 12.0. The zero-order valence-corrected chi connectivity index (χ0v) is 10.3. The van der Waals surface area contributed by atoms with Gasteiger partial charge in [-0.3, -0.25) is 0 Å². The van der Waals surface area contributed by atoms with Crippen LogP contribution in [0, 0.1) is 11.3 Å². The average molecular weight is 253 g/mol. The van der Waals surface area contributed by atoms with E-state index in [1.54, 1.807) is 0 Å². The second-order valence-corrected chi connectivity index (χ2v) is 5.71. The van der Waals surface area contributed by atoms with Gasteiger partial charge in [0.1, 0.15) is 6.10 Å². The number of hydrogen-bond acceptors (Lipinski definition) is 5. The SMILES string of the molecule is N#CCC[C@H]1CCC2O[C@@H]3CC2(C[C@@H](O)[C@H]3O)O1. The Hall–Kier alpha value is -0.670. The molecule has 1 saturated carbocycles. The molecule has 0 amide bonds. The minimum Gasteiger partial charge on any atom is -0.390 e. The van der Waals surface area contributed by atoms with Crippen LogP contribution in [0.15, 0.2) is 0 Å². The molecule has 1 spiro atoms. The molecule has 3 rings (SSSR count). The van der Waals surface area contributed by atoms with Crippen LogP contribution >= 0.6 is 0 Å². The molecule has 6 atom stereocenters. The fourth-order valence-electron chi connectivity index (χ4n) is 3.65. The molecule has 3 aliphatic rings.